The summed E-state index contributed by atoms with van der Waals surface area (Å²) in [7, 11) is 1.65. The Labute approximate surface area is 205 Å². The van der Waals surface area contributed by atoms with Crippen LogP contribution in [0.2, 0.25) is 0 Å². The van der Waals surface area contributed by atoms with E-state index in [-0.39, 0.29) is 11.6 Å². The van der Waals surface area contributed by atoms with Crippen LogP contribution in [0.5, 0.6) is 5.88 Å². The van der Waals surface area contributed by atoms with Crippen LogP contribution in [0.25, 0.3) is 33.6 Å². The summed E-state index contributed by atoms with van der Waals surface area (Å²) in [5.74, 6) is 1.88. The van der Waals surface area contributed by atoms with Crippen LogP contribution < -0.4 is 21.1 Å². The molecule has 1 aliphatic carbocycles. The predicted molar refractivity (Wildman–Crippen MR) is 138 cm³/mol. The van der Waals surface area contributed by atoms with E-state index in [9.17, 15) is 0 Å². The standard InChI is InChI=1S/C28H31N5O2/c1-34-25-23-22(18-6-3-2-4-7-18)24(19-8-10-20(11-9-19)28(30)14-5-15-28)35-26(23)32-27(31-25)33-16-12-21(29)13-17-33/h2-4,6-11,21H,5,12-17,29-30H2,1H3. The number of fused-ring (bicyclic) bond motifs is 1. The summed E-state index contributed by atoms with van der Waals surface area (Å²) < 4.78 is 12.3. The number of rotatable bonds is 5. The minimum Gasteiger partial charge on any atom is -0.480 e. The van der Waals surface area contributed by atoms with Crippen LogP contribution in [0.15, 0.2) is 59.0 Å². The molecule has 1 saturated carbocycles. The Kier molecular flexibility index (Phi) is 5.46. The number of hydrogen-bond acceptors (Lipinski definition) is 7. The van der Waals surface area contributed by atoms with Gasteiger partial charge in [0, 0.05) is 35.8 Å². The lowest BCUT2D eigenvalue weighted by Gasteiger charge is -2.38. The third-order valence-electron chi connectivity index (χ3n) is 7.55. The third kappa shape index (κ3) is 3.85. The van der Waals surface area contributed by atoms with Crippen LogP contribution in [0.3, 0.4) is 0 Å². The molecule has 180 valence electrons. The number of nitrogens with zero attached hydrogens (tertiary/aromatic N) is 3. The molecule has 6 rings (SSSR count). The van der Waals surface area contributed by atoms with E-state index in [0.29, 0.717) is 17.5 Å². The maximum atomic E-state index is 6.56. The van der Waals surface area contributed by atoms with Crippen molar-refractivity contribution >= 4 is 17.0 Å². The summed E-state index contributed by atoms with van der Waals surface area (Å²) >= 11 is 0. The Bertz CT molecular complexity index is 1340. The molecule has 1 aliphatic heterocycles. The Hall–Kier alpha value is -3.42. The molecule has 2 aromatic carbocycles. The molecule has 0 radical (unpaired) electrons. The van der Waals surface area contributed by atoms with E-state index in [4.69, 9.17) is 30.6 Å². The van der Waals surface area contributed by atoms with E-state index < -0.39 is 0 Å². The summed E-state index contributed by atoms with van der Waals surface area (Å²) in [6.45, 7) is 1.63. The molecular weight excluding hydrogens is 438 g/mol. The highest BCUT2D eigenvalue weighted by Gasteiger charge is 2.34. The molecule has 35 heavy (non-hydrogen) atoms. The molecule has 7 nitrogen and oxygen atoms in total. The number of methoxy groups -OCH3 is 1. The third-order valence-corrected chi connectivity index (χ3v) is 7.55. The van der Waals surface area contributed by atoms with Gasteiger partial charge in [-0.3, -0.25) is 0 Å². The Morgan fingerprint density at radius 1 is 0.971 bits per heavy atom. The van der Waals surface area contributed by atoms with Crippen molar-refractivity contribution in [3.8, 4) is 28.3 Å². The second-order valence-electron chi connectivity index (χ2n) is 9.80. The summed E-state index contributed by atoms with van der Waals surface area (Å²) in [6, 6.07) is 18.9. The zero-order valence-electron chi connectivity index (χ0n) is 20.0. The number of hydrogen-bond donors (Lipinski definition) is 2. The molecule has 0 spiro atoms. The van der Waals surface area contributed by atoms with Crippen molar-refractivity contribution in [3.63, 3.8) is 0 Å². The van der Waals surface area contributed by atoms with Crippen molar-refractivity contribution in [1.29, 1.82) is 0 Å². The molecule has 1 saturated heterocycles. The monoisotopic (exact) mass is 469 g/mol. The van der Waals surface area contributed by atoms with Crippen LogP contribution >= 0.6 is 0 Å². The van der Waals surface area contributed by atoms with Crippen molar-refractivity contribution < 1.29 is 9.15 Å². The lowest BCUT2D eigenvalue weighted by molar-refractivity contribution is 0.253. The van der Waals surface area contributed by atoms with Gasteiger partial charge in [0.15, 0.2) is 0 Å². The minimum atomic E-state index is -0.199. The fourth-order valence-corrected chi connectivity index (χ4v) is 5.23. The van der Waals surface area contributed by atoms with Gasteiger partial charge in [0.1, 0.15) is 11.1 Å². The minimum absolute atomic E-state index is 0.199. The number of nitrogens with two attached hydrogens (primary N) is 2. The first-order valence-electron chi connectivity index (χ1n) is 12.4. The molecule has 0 atom stereocenters. The number of ether oxygens (including phenoxy) is 1. The SMILES string of the molecule is COc1nc(N2CCC(N)CC2)nc2oc(-c3ccc(C4(N)CCC4)cc3)c(-c3ccccc3)c12. The van der Waals surface area contributed by atoms with Gasteiger partial charge in [0.25, 0.3) is 0 Å². The summed E-state index contributed by atoms with van der Waals surface area (Å²) in [6.07, 6.45) is 5.07. The quantitative estimate of drug-likeness (QED) is 0.431. The maximum Gasteiger partial charge on any atom is 0.236 e. The Balaban J connectivity index is 1.50. The summed E-state index contributed by atoms with van der Waals surface area (Å²) in [5, 5.41) is 0.782. The van der Waals surface area contributed by atoms with Gasteiger partial charge in [-0.25, -0.2) is 0 Å². The zero-order chi connectivity index (χ0) is 24.0. The van der Waals surface area contributed by atoms with Crippen molar-refractivity contribution in [2.45, 2.75) is 43.7 Å². The van der Waals surface area contributed by atoms with Gasteiger partial charge in [-0.05, 0) is 43.2 Å². The highest BCUT2D eigenvalue weighted by Crippen LogP contribution is 2.45. The zero-order valence-corrected chi connectivity index (χ0v) is 20.0. The Morgan fingerprint density at radius 2 is 1.69 bits per heavy atom. The lowest BCUT2D eigenvalue weighted by Crippen LogP contribution is -2.43. The normalized spacial score (nSPS) is 18.0. The van der Waals surface area contributed by atoms with Crippen molar-refractivity contribution in [2.24, 2.45) is 11.5 Å². The van der Waals surface area contributed by atoms with Crippen LogP contribution in [0.4, 0.5) is 5.95 Å². The molecular formula is C28H31N5O2. The molecule has 0 unspecified atom stereocenters. The van der Waals surface area contributed by atoms with E-state index in [2.05, 4.69) is 41.3 Å². The van der Waals surface area contributed by atoms with Crippen molar-refractivity contribution in [1.82, 2.24) is 9.97 Å². The van der Waals surface area contributed by atoms with Crippen LogP contribution in [-0.2, 0) is 5.54 Å². The van der Waals surface area contributed by atoms with Crippen molar-refractivity contribution in [3.05, 3.63) is 60.2 Å². The van der Waals surface area contributed by atoms with E-state index in [1.54, 1.807) is 7.11 Å². The van der Waals surface area contributed by atoms with Gasteiger partial charge in [-0.15, -0.1) is 0 Å². The van der Waals surface area contributed by atoms with Crippen molar-refractivity contribution in [2.75, 3.05) is 25.1 Å². The predicted octanol–water partition coefficient (Wildman–Crippen LogP) is 4.83. The molecule has 2 aliphatic rings. The summed E-state index contributed by atoms with van der Waals surface area (Å²) in [5.41, 5.74) is 17.1. The first kappa shape index (κ1) is 22.1. The number of piperidine rings is 1. The second-order valence-corrected chi connectivity index (χ2v) is 9.80. The highest BCUT2D eigenvalue weighted by atomic mass is 16.5. The highest BCUT2D eigenvalue weighted by molar-refractivity contribution is 6.03. The Morgan fingerprint density at radius 3 is 2.31 bits per heavy atom. The summed E-state index contributed by atoms with van der Waals surface area (Å²) in [4.78, 5) is 11.8. The molecule has 2 aromatic heterocycles. The largest absolute Gasteiger partial charge is 0.480 e. The first-order chi connectivity index (χ1) is 17.1. The van der Waals surface area contributed by atoms with Gasteiger partial charge in [0.05, 0.1) is 7.11 Å². The molecule has 0 bridgehead atoms. The van der Waals surface area contributed by atoms with Gasteiger partial charge < -0.3 is 25.5 Å². The average Bonchev–Trinajstić information content (AvgIpc) is 3.27. The van der Waals surface area contributed by atoms with Gasteiger partial charge in [0.2, 0.25) is 17.5 Å². The second kappa shape index (κ2) is 8.66. The average molecular weight is 470 g/mol. The number of furan rings is 1. The lowest BCUT2D eigenvalue weighted by atomic mass is 9.72. The topological polar surface area (TPSA) is 103 Å². The number of aromatic nitrogens is 2. The molecule has 3 heterocycles. The maximum absolute atomic E-state index is 6.56. The van der Waals surface area contributed by atoms with Crippen LogP contribution in [-0.4, -0.2) is 36.2 Å². The van der Waals surface area contributed by atoms with E-state index in [1.807, 2.05) is 18.2 Å². The molecule has 2 fully saturated rings. The fourth-order valence-electron chi connectivity index (χ4n) is 5.23. The van der Waals surface area contributed by atoms with E-state index in [0.717, 1.165) is 66.6 Å². The molecule has 4 N–H and O–H groups in total. The molecule has 0 amide bonds. The molecule has 7 heteroatoms. The smallest absolute Gasteiger partial charge is 0.236 e. The van der Waals surface area contributed by atoms with E-state index >= 15 is 0 Å². The number of benzene rings is 2. The van der Waals surface area contributed by atoms with Crippen LogP contribution in [0.1, 0.15) is 37.7 Å². The number of anilines is 1. The first-order valence-corrected chi connectivity index (χ1v) is 12.4. The van der Waals surface area contributed by atoms with Crippen LogP contribution in [0, 0.1) is 0 Å². The van der Waals surface area contributed by atoms with Gasteiger partial charge >= 0.3 is 0 Å². The fraction of sp³-hybridized carbons (Fsp3) is 0.357. The van der Waals surface area contributed by atoms with E-state index in [1.165, 1.54) is 12.0 Å². The molecule has 4 aromatic rings. The van der Waals surface area contributed by atoms with Gasteiger partial charge in [-0.2, -0.15) is 9.97 Å². The van der Waals surface area contributed by atoms with Gasteiger partial charge in [-0.1, -0.05) is 54.6 Å².